The van der Waals surface area contributed by atoms with E-state index in [1.54, 1.807) is 7.11 Å². The predicted molar refractivity (Wildman–Crippen MR) is 83.4 cm³/mol. The fourth-order valence-corrected chi connectivity index (χ4v) is 3.29. The van der Waals surface area contributed by atoms with Gasteiger partial charge in [0, 0.05) is 31.7 Å². The second-order valence-corrected chi connectivity index (χ2v) is 5.79. The van der Waals surface area contributed by atoms with Crippen LogP contribution in [-0.4, -0.2) is 55.5 Å². The molecule has 2 bridgehead atoms. The van der Waals surface area contributed by atoms with Gasteiger partial charge in [-0.2, -0.15) is 0 Å². The highest BCUT2D eigenvalue weighted by molar-refractivity contribution is 5.94. The Balaban J connectivity index is 0.00000161. The van der Waals surface area contributed by atoms with Crippen molar-refractivity contribution < 1.29 is 9.53 Å². The minimum absolute atomic E-state index is 0. The highest BCUT2D eigenvalue weighted by Gasteiger charge is 2.28. The van der Waals surface area contributed by atoms with Crippen LogP contribution in [0, 0.1) is 13.3 Å². The van der Waals surface area contributed by atoms with Crippen LogP contribution < -0.4 is 4.74 Å². The molecule has 2 unspecified atom stereocenters. The maximum Gasteiger partial charge on any atom is 0.254 e. The summed E-state index contributed by atoms with van der Waals surface area (Å²) in [6, 6.07) is 7.46. The minimum atomic E-state index is 0. The van der Waals surface area contributed by atoms with Crippen molar-refractivity contribution in [3.63, 3.8) is 0 Å². The van der Waals surface area contributed by atoms with E-state index in [9.17, 15) is 4.79 Å². The molecule has 2 atom stereocenters. The number of hydrogen-bond donors (Lipinski definition) is 0. The van der Waals surface area contributed by atoms with Gasteiger partial charge in [0.15, 0.2) is 0 Å². The maximum atomic E-state index is 12.7. The molecule has 4 heteroatoms. The van der Waals surface area contributed by atoms with E-state index < -0.39 is 0 Å². The largest absolute Gasteiger partial charge is 0.497 e. The van der Waals surface area contributed by atoms with E-state index in [4.69, 9.17) is 4.74 Å². The van der Waals surface area contributed by atoms with Crippen LogP contribution >= 0.6 is 0 Å². The molecule has 0 N–H and O–H groups in total. The number of piperidine rings is 1. The summed E-state index contributed by atoms with van der Waals surface area (Å²) in [5.41, 5.74) is 0.732. The van der Waals surface area contributed by atoms with E-state index >= 15 is 0 Å². The van der Waals surface area contributed by atoms with E-state index in [1.807, 2.05) is 29.2 Å². The number of fused-ring (bicyclic) bond motifs is 2. The van der Waals surface area contributed by atoms with Crippen molar-refractivity contribution in [3.8, 4) is 5.75 Å². The van der Waals surface area contributed by atoms with Gasteiger partial charge in [-0.25, -0.2) is 0 Å². The van der Waals surface area contributed by atoms with Crippen LogP contribution in [0.15, 0.2) is 24.3 Å². The van der Waals surface area contributed by atoms with Crippen molar-refractivity contribution in [2.75, 3.05) is 39.8 Å². The lowest BCUT2D eigenvalue weighted by Gasteiger charge is -2.29. The second kappa shape index (κ2) is 6.94. The zero-order valence-electron chi connectivity index (χ0n) is 12.8. The summed E-state index contributed by atoms with van der Waals surface area (Å²) in [5, 5.41) is 0. The molecule has 1 aromatic carbocycles. The van der Waals surface area contributed by atoms with Crippen molar-refractivity contribution in [2.45, 2.75) is 12.8 Å². The number of carbonyl (C=O) groups is 1. The van der Waals surface area contributed by atoms with Crippen molar-refractivity contribution in [1.82, 2.24) is 9.80 Å². The van der Waals surface area contributed by atoms with Gasteiger partial charge in [-0.3, -0.25) is 4.79 Å². The smallest absolute Gasteiger partial charge is 0.254 e. The molecule has 0 spiro atoms. The lowest BCUT2D eigenvalue weighted by molar-refractivity contribution is 0.0745. The third kappa shape index (κ3) is 3.56. The van der Waals surface area contributed by atoms with Gasteiger partial charge in [0.2, 0.25) is 0 Å². The number of carbonyl (C=O) groups excluding carboxylic acids is 1. The number of ether oxygens (including phenoxy) is 1. The van der Waals surface area contributed by atoms with Gasteiger partial charge in [-0.05, 0) is 43.5 Å². The molecule has 0 saturated carbocycles. The lowest BCUT2D eigenvalue weighted by atomic mass is 9.98. The molecule has 0 aliphatic carbocycles. The molecule has 4 nitrogen and oxygen atoms in total. The molecule has 2 radical (unpaired) electrons. The van der Waals surface area contributed by atoms with Gasteiger partial charge in [0.1, 0.15) is 5.75 Å². The molecule has 114 valence electrons. The average molecular weight is 288 g/mol. The first-order valence-electron chi connectivity index (χ1n) is 7.42. The van der Waals surface area contributed by atoms with Crippen molar-refractivity contribution in [3.05, 3.63) is 37.3 Å². The van der Waals surface area contributed by atoms with Crippen LogP contribution in [0.5, 0.6) is 5.75 Å². The number of amides is 1. The fourth-order valence-electron chi connectivity index (χ4n) is 3.29. The van der Waals surface area contributed by atoms with Gasteiger partial charge in [-0.1, -0.05) is 13.5 Å². The number of hydrogen-bond acceptors (Lipinski definition) is 3. The third-order valence-electron chi connectivity index (χ3n) is 4.37. The maximum absolute atomic E-state index is 12.7. The highest BCUT2D eigenvalue weighted by atomic mass is 16.5. The summed E-state index contributed by atoms with van der Waals surface area (Å²) in [5.74, 6) is 1.52. The normalized spacial score (nSPS) is 24.7. The van der Waals surface area contributed by atoms with Crippen LogP contribution in [0.25, 0.3) is 0 Å². The molecule has 2 heterocycles. The number of benzene rings is 1. The Kier molecular flexibility index (Phi) is 5.23. The molecular formula is C17H24N2O2. The molecule has 21 heavy (non-hydrogen) atoms. The standard InChI is InChI=1S/C16H22N2O2.CH2/c1-20-15-6-2-5-14(10-15)16(19)18-9-8-17-7-3-4-13(11-17)12-18;/h2,5-6,10,13H,3-4,7-9,11-12H2,1H3;1H2. The molecule has 1 aromatic rings. The van der Waals surface area contributed by atoms with Crippen molar-refractivity contribution in [1.29, 1.82) is 0 Å². The quantitative estimate of drug-likeness (QED) is 0.836. The average Bonchev–Trinajstić information content (AvgIpc) is 2.64. The Morgan fingerprint density at radius 3 is 2.90 bits per heavy atom. The molecule has 0 aromatic heterocycles. The fraction of sp³-hybridized carbons (Fsp3) is 0.529. The lowest BCUT2D eigenvalue weighted by Crippen LogP contribution is -2.36. The Morgan fingerprint density at radius 1 is 1.24 bits per heavy atom. The summed E-state index contributed by atoms with van der Waals surface area (Å²) in [6.45, 7) is 5.09. The van der Waals surface area contributed by atoms with Gasteiger partial charge in [0.05, 0.1) is 7.11 Å². The topological polar surface area (TPSA) is 32.8 Å². The molecule has 3 rings (SSSR count). The van der Waals surface area contributed by atoms with Crippen LogP contribution in [0.4, 0.5) is 0 Å². The van der Waals surface area contributed by atoms with E-state index in [0.717, 1.165) is 37.5 Å². The number of methoxy groups -OCH3 is 1. The van der Waals surface area contributed by atoms with Crippen molar-refractivity contribution in [2.24, 2.45) is 5.92 Å². The molecule has 1 amide bonds. The van der Waals surface area contributed by atoms with Crippen LogP contribution in [0.3, 0.4) is 0 Å². The van der Waals surface area contributed by atoms with Gasteiger partial charge < -0.3 is 14.5 Å². The first-order chi connectivity index (χ1) is 9.76. The zero-order chi connectivity index (χ0) is 13.9. The van der Waals surface area contributed by atoms with Crippen LogP contribution in [-0.2, 0) is 0 Å². The Morgan fingerprint density at radius 2 is 2.10 bits per heavy atom. The molecular weight excluding hydrogens is 264 g/mol. The first-order valence-corrected chi connectivity index (χ1v) is 7.42. The minimum Gasteiger partial charge on any atom is -0.497 e. The monoisotopic (exact) mass is 288 g/mol. The summed E-state index contributed by atoms with van der Waals surface area (Å²) in [6.07, 6.45) is 2.52. The third-order valence-corrected chi connectivity index (χ3v) is 4.37. The van der Waals surface area contributed by atoms with Gasteiger partial charge in [-0.15, -0.1) is 0 Å². The molecule has 2 aliphatic heterocycles. The Labute approximate surface area is 127 Å². The van der Waals surface area contributed by atoms with E-state index in [-0.39, 0.29) is 13.3 Å². The molecule has 2 aliphatic rings. The SMILES string of the molecule is COc1cccc(C(=O)N2CCN3CCCC(C3)C2)c1.[CH2]. The summed E-state index contributed by atoms with van der Waals surface area (Å²) < 4.78 is 5.21. The van der Waals surface area contributed by atoms with E-state index in [0.29, 0.717) is 5.92 Å². The van der Waals surface area contributed by atoms with Gasteiger partial charge in [0.25, 0.3) is 5.91 Å². The summed E-state index contributed by atoms with van der Waals surface area (Å²) >= 11 is 0. The Hall–Kier alpha value is -1.55. The van der Waals surface area contributed by atoms with Crippen LogP contribution in [0.1, 0.15) is 23.2 Å². The first kappa shape index (κ1) is 15.8. The zero-order valence-corrected chi connectivity index (χ0v) is 12.8. The highest BCUT2D eigenvalue weighted by Crippen LogP contribution is 2.22. The molecule has 2 fully saturated rings. The van der Waals surface area contributed by atoms with E-state index in [1.165, 1.54) is 19.4 Å². The second-order valence-electron chi connectivity index (χ2n) is 5.79. The number of rotatable bonds is 2. The van der Waals surface area contributed by atoms with Crippen LogP contribution in [0.2, 0.25) is 0 Å². The van der Waals surface area contributed by atoms with Gasteiger partial charge >= 0.3 is 0 Å². The van der Waals surface area contributed by atoms with Crippen molar-refractivity contribution >= 4 is 5.91 Å². The molecule has 2 saturated heterocycles. The Bertz CT molecular complexity index is 489. The summed E-state index contributed by atoms with van der Waals surface area (Å²) in [4.78, 5) is 17.2. The summed E-state index contributed by atoms with van der Waals surface area (Å²) in [7, 11) is 1.63. The van der Waals surface area contributed by atoms with E-state index in [2.05, 4.69) is 4.90 Å². The predicted octanol–water partition coefficient (Wildman–Crippen LogP) is 2.19. The number of nitrogens with zero attached hydrogens (tertiary/aromatic N) is 2.